The van der Waals surface area contributed by atoms with Gasteiger partial charge in [-0.1, -0.05) is 30.3 Å². The summed E-state index contributed by atoms with van der Waals surface area (Å²) in [7, 11) is 0. The molecule has 0 heterocycles. The molecule has 1 N–H and O–H groups in total. The zero-order valence-corrected chi connectivity index (χ0v) is 9.60. The van der Waals surface area contributed by atoms with E-state index in [1.807, 2.05) is 32.0 Å². The maximum absolute atomic E-state index is 11.7. The lowest BCUT2D eigenvalue weighted by molar-refractivity contribution is -0.122. The lowest BCUT2D eigenvalue weighted by Gasteiger charge is -2.00. The largest absolute Gasteiger partial charge is 0.273 e. The van der Waals surface area contributed by atoms with Crippen molar-refractivity contribution >= 4 is 11.6 Å². The molecule has 0 saturated heterocycles. The van der Waals surface area contributed by atoms with E-state index in [2.05, 4.69) is 22.7 Å². The third-order valence-electron chi connectivity index (χ3n) is 2.74. The van der Waals surface area contributed by atoms with Crippen LogP contribution in [0.2, 0.25) is 0 Å². The molecule has 2 rings (SSSR count). The quantitative estimate of drug-likeness (QED) is 0.611. The second-order valence-electron chi connectivity index (χ2n) is 4.39. The monoisotopic (exact) mass is 216 g/mol. The van der Waals surface area contributed by atoms with Crippen molar-refractivity contribution in [3.05, 3.63) is 35.9 Å². The SMILES string of the molecule is CC(C)=NNC(=O)C1CC1c1ccccc1. The molecule has 2 atom stereocenters. The van der Waals surface area contributed by atoms with Crippen molar-refractivity contribution in [3.63, 3.8) is 0 Å². The summed E-state index contributed by atoms with van der Waals surface area (Å²) in [6.07, 6.45) is 0.939. The highest BCUT2D eigenvalue weighted by molar-refractivity contribution is 5.85. The van der Waals surface area contributed by atoms with Gasteiger partial charge in [0.15, 0.2) is 0 Å². The molecule has 3 nitrogen and oxygen atoms in total. The minimum Gasteiger partial charge on any atom is -0.273 e. The number of benzene rings is 1. The molecule has 2 unspecified atom stereocenters. The Bertz CT molecular complexity index is 407. The van der Waals surface area contributed by atoms with Gasteiger partial charge in [-0.3, -0.25) is 4.79 Å². The lowest BCUT2D eigenvalue weighted by atomic mass is 10.1. The fourth-order valence-corrected chi connectivity index (χ4v) is 1.80. The molecule has 1 aliphatic carbocycles. The molecule has 1 aromatic carbocycles. The smallest absolute Gasteiger partial charge is 0.243 e. The van der Waals surface area contributed by atoms with Crippen molar-refractivity contribution in [2.24, 2.45) is 11.0 Å². The third-order valence-corrected chi connectivity index (χ3v) is 2.74. The molecule has 0 radical (unpaired) electrons. The topological polar surface area (TPSA) is 41.5 Å². The van der Waals surface area contributed by atoms with Crippen LogP contribution in [-0.2, 0) is 4.79 Å². The second kappa shape index (κ2) is 4.47. The average Bonchev–Trinajstić information content (AvgIpc) is 3.07. The predicted octanol–water partition coefficient (Wildman–Crippen LogP) is 2.30. The van der Waals surface area contributed by atoms with Crippen molar-refractivity contribution < 1.29 is 4.79 Å². The van der Waals surface area contributed by atoms with Gasteiger partial charge in [-0.15, -0.1) is 0 Å². The van der Waals surface area contributed by atoms with Crippen molar-refractivity contribution in [3.8, 4) is 0 Å². The first-order valence-electron chi connectivity index (χ1n) is 5.54. The average molecular weight is 216 g/mol. The number of hydrogen-bond donors (Lipinski definition) is 1. The van der Waals surface area contributed by atoms with Gasteiger partial charge in [0.1, 0.15) is 0 Å². The normalized spacial score (nSPS) is 22.4. The van der Waals surface area contributed by atoms with E-state index in [1.165, 1.54) is 5.56 Å². The Morgan fingerprint density at radius 1 is 1.31 bits per heavy atom. The maximum atomic E-state index is 11.7. The van der Waals surface area contributed by atoms with Crippen LogP contribution in [0, 0.1) is 5.92 Å². The zero-order chi connectivity index (χ0) is 11.5. The van der Waals surface area contributed by atoms with Gasteiger partial charge in [0.25, 0.3) is 0 Å². The first kappa shape index (κ1) is 10.9. The first-order valence-corrected chi connectivity index (χ1v) is 5.54. The van der Waals surface area contributed by atoms with Crippen LogP contribution in [-0.4, -0.2) is 11.6 Å². The van der Waals surface area contributed by atoms with Crippen molar-refractivity contribution in [1.82, 2.24) is 5.43 Å². The summed E-state index contributed by atoms with van der Waals surface area (Å²) in [6.45, 7) is 3.73. The summed E-state index contributed by atoms with van der Waals surface area (Å²) in [5.74, 6) is 0.522. The molecule has 1 amide bonds. The van der Waals surface area contributed by atoms with Crippen molar-refractivity contribution in [2.45, 2.75) is 26.2 Å². The first-order chi connectivity index (χ1) is 7.68. The molecule has 1 fully saturated rings. The molecule has 3 heteroatoms. The van der Waals surface area contributed by atoms with E-state index in [9.17, 15) is 4.79 Å². The number of hydrazone groups is 1. The standard InChI is InChI=1S/C13H16N2O/c1-9(2)14-15-13(16)12-8-11(12)10-6-4-3-5-7-10/h3-7,11-12H,8H2,1-2H3,(H,15,16). The van der Waals surface area contributed by atoms with E-state index in [4.69, 9.17) is 0 Å². The summed E-state index contributed by atoms with van der Waals surface area (Å²) in [5, 5.41) is 3.93. The molecule has 0 spiro atoms. The minimum atomic E-state index is 0.0371. The van der Waals surface area contributed by atoms with Gasteiger partial charge < -0.3 is 0 Å². The lowest BCUT2D eigenvalue weighted by Crippen LogP contribution is -2.20. The van der Waals surface area contributed by atoms with Gasteiger partial charge in [-0.05, 0) is 31.7 Å². The maximum Gasteiger partial charge on any atom is 0.243 e. The highest BCUT2D eigenvalue weighted by Crippen LogP contribution is 2.47. The summed E-state index contributed by atoms with van der Waals surface area (Å²) in [6, 6.07) is 10.2. The van der Waals surface area contributed by atoms with Gasteiger partial charge in [0.05, 0.1) is 0 Å². The van der Waals surface area contributed by atoms with Gasteiger partial charge in [0, 0.05) is 11.6 Å². The van der Waals surface area contributed by atoms with E-state index >= 15 is 0 Å². The van der Waals surface area contributed by atoms with Crippen LogP contribution in [0.1, 0.15) is 31.7 Å². The van der Waals surface area contributed by atoms with E-state index < -0.39 is 0 Å². The molecule has 84 valence electrons. The fourth-order valence-electron chi connectivity index (χ4n) is 1.80. The number of hydrogen-bond acceptors (Lipinski definition) is 2. The molecule has 1 saturated carbocycles. The summed E-state index contributed by atoms with van der Waals surface area (Å²) >= 11 is 0. The Hall–Kier alpha value is -1.64. The Morgan fingerprint density at radius 3 is 2.62 bits per heavy atom. The Labute approximate surface area is 95.6 Å². The summed E-state index contributed by atoms with van der Waals surface area (Å²) in [5.41, 5.74) is 4.71. The zero-order valence-electron chi connectivity index (χ0n) is 9.60. The van der Waals surface area contributed by atoms with Crippen LogP contribution in [0.4, 0.5) is 0 Å². The highest BCUT2D eigenvalue weighted by Gasteiger charge is 2.43. The van der Waals surface area contributed by atoms with Crippen LogP contribution in [0.5, 0.6) is 0 Å². The molecule has 16 heavy (non-hydrogen) atoms. The highest BCUT2D eigenvalue weighted by atomic mass is 16.2. The summed E-state index contributed by atoms with van der Waals surface area (Å²) < 4.78 is 0. The van der Waals surface area contributed by atoms with E-state index in [0.717, 1.165) is 12.1 Å². The predicted molar refractivity (Wildman–Crippen MR) is 64.2 cm³/mol. The number of rotatable bonds is 3. The van der Waals surface area contributed by atoms with Crippen LogP contribution in [0.3, 0.4) is 0 Å². The van der Waals surface area contributed by atoms with Gasteiger partial charge in [0.2, 0.25) is 5.91 Å². The molecule has 0 bridgehead atoms. The van der Waals surface area contributed by atoms with E-state index in [-0.39, 0.29) is 11.8 Å². The summed E-state index contributed by atoms with van der Waals surface area (Å²) in [4.78, 5) is 11.7. The number of carbonyl (C=O) groups excluding carboxylic acids is 1. The van der Waals surface area contributed by atoms with E-state index in [1.54, 1.807) is 0 Å². The van der Waals surface area contributed by atoms with Crippen molar-refractivity contribution in [1.29, 1.82) is 0 Å². The Balaban J connectivity index is 1.92. The Kier molecular flexibility index (Phi) is 3.04. The van der Waals surface area contributed by atoms with Crippen LogP contribution in [0.25, 0.3) is 0 Å². The molecule has 0 aliphatic heterocycles. The fraction of sp³-hybridized carbons (Fsp3) is 0.385. The number of carbonyl (C=O) groups is 1. The van der Waals surface area contributed by atoms with Crippen LogP contribution < -0.4 is 5.43 Å². The third kappa shape index (κ3) is 2.48. The second-order valence-corrected chi connectivity index (χ2v) is 4.39. The number of nitrogens with one attached hydrogen (secondary N) is 1. The van der Waals surface area contributed by atoms with Gasteiger partial charge >= 0.3 is 0 Å². The molecular weight excluding hydrogens is 200 g/mol. The number of nitrogens with zero attached hydrogens (tertiary/aromatic N) is 1. The Morgan fingerprint density at radius 2 is 2.00 bits per heavy atom. The number of amides is 1. The van der Waals surface area contributed by atoms with Crippen LogP contribution in [0.15, 0.2) is 35.4 Å². The van der Waals surface area contributed by atoms with Crippen LogP contribution >= 0.6 is 0 Å². The minimum absolute atomic E-state index is 0.0371. The molecular formula is C13H16N2O. The molecule has 1 aliphatic rings. The molecule has 1 aromatic rings. The van der Waals surface area contributed by atoms with E-state index in [0.29, 0.717) is 5.92 Å². The van der Waals surface area contributed by atoms with Gasteiger partial charge in [-0.25, -0.2) is 5.43 Å². The molecule has 0 aromatic heterocycles. The van der Waals surface area contributed by atoms with Gasteiger partial charge in [-0.2, -0.15) is 5.10 Å². The van der Waals surface area contributed by atoms with Crippen molar-refractivity contribution in [2.75, 3.05) is 0 Å².